The van der Waals surface area contributed by atoms with E-state index in [9.17, 15) is 18.7 Å². The summed E-state index contributed by atoms with van der Waals surface area (Å²) in [4.78, 5) is 13.1. The zero-order chi connectivity index (χ0) is 19.9. The number of hydrogen-bond acceptors (Lipinski definition) is 3. The molecule has 1 aromatic rings. The maximum Gasteiger partial charge on any atom is 0.343 e. The van der Waals surface area contributed by atoms with Gasteiger partial charge in [0.05, 0.1) is 27.2 Å². The Hall–Kier alpha value is -1.24. The van der Waals surface area contributed by atoms with Crippen LogP contribution in [0, 0.1) is 5.92 Å². The molecule has 0 radical (unpaired) electrons. The summed E-state index contributed by atoms with van der Waals surface area (Å²) in [6.07, 6.45) is 0.166. The highest BCUT2D eigenvalue weighted by atomic mass is 35.5. The van der Waals surface area contributed by atoms with Gasteiger partial charge in [0, 0.05) is 42.2 Å². The number of alkyl halides is 2. The summed E-state index contributed by atoms with van der Waals surface area (Å²) in [5.41, 5.74) is -2.02. The Balaban J connectivity index is 1.86. The number of halogens is 3. The second-order valence-electron chi connectivity index (χ2n) is 8.53. The van der Waals surface area contributed by atoms with Crippen molar-refractivity contribution in [3.05, 3.63) is 34.9 Å². The number of rotatable bonds is 4. The van der Waals surface area contributed by atoms with Crippen LogP contribution in [0.15, 0.2) is 24.3 Å². The van der Waals surface area contributed by atoms with Gasteiger partial charge in [-0.25, -0.2) is 13.6 Å². The molecule has 1 aromatic carbocycles. The number of esters is 1. The number of benzene rings is 1. The fourth-order valence-electron chi connectivity index (χ4n) is 4.18. The topological polar surface area (TPSA) is 46.5 Å². The van der Waals surface area contributed by atoms with E-state index in [1.54, 1.807) is 18.2 Å². The van der Waals surface area contributed by atoms with Crippen molar-refractivity contribution in [3.63, 3.8) is 0 Å². The highest BCUT2D eigenvalue weighted by Gasteiger charge is 2.55. The first kappa shape index (κ1) is 20.5. The van der Waals surface area contributed by atoms with E-state index in [1.807, 2.05) is 0 Å². The Morgan fingerprint density at radius 1 is 1.26 bits per heavy atom. The number of likely N-dealkylation sites (tertiary alicyclic amines) is 1. The Morgan fingerprint density at radius 3 is 2.44 bits per heavy atom. The Bertz CT molecular complexity index is 702. The fourth-order valence-corrected chi connectivity index (χ4v) is 4.46. The Labute approximate surface area is 163 Å². The predicted molar refractivity (Wildman–Crippen MR) is 98.6 cm³/mol. The summed E-state index contributed by atoms with van der Waals surface area (Å²) < 4.78 is 34.2. The van der Waals surface area contributed by atoms with Gasteiger partial charge in [-0.05, 0) is 12.5 Å². The van der Waals surface area contributed by atoms with E-state index >= 15 is 0 Å². The van der Waals surface area contributed by atoms with Crippen molar-refractivity contribution in [2.45, 2.75) is 49.7 Å². The molecule has 2 atom stereocenters. The second-order valence-corrected chi connectivity index (χ2v) is 8.94. The van der Waals surface area contributed by atoms with Gasteiger partial charge in [-0.15, -0.1) is 0 Å². The van der Waals surface area contributed by atoms with Gasteiger partial charge in [0.25, 0.3) is 0 Å². The molecule has 1 aliphatic heterocycles. The molecular weight excluding hydrogens is 376 g/mol. The largest absolute Gasteiger partial charge is 0.460 e. The van der Waals surface area contributed by atoms with Crippen molar-refractivity contribution >= 4 is 17.6 Å². The molecule has 1 aliphatic carbocycles. The highest BCUT2D eigenvalue weighted by molar-refractivity contribution is 6.31. The number of ether oxygens (including phenoxy) is 1. The van der Waals surface area contributed by atoms with E-state index in [4.69, 9.17) is 16.3 Å². The van der Waals surface area contributed by atoms with Gasteiger partial charge in [0.1, 0.15) is 6.10 Å². The van der Waals surface area contributed by atoms with Gasteiger partial charge in [-0.1, -0.05) is 29.8 Å². The third-order valence-corrected chi connectivity index (χ3v) is 6.31. The molecule has 0 spiro atoms. The molecule has 4 nitrogen and oxygen atoms in total. The molecular formula is C20H27ClF2NO3+. The van der Waals surface area contributed by atoms with Crippen molar-refractivity contribution in [3.8, 4) is 0 Å². The Morgan fingerprint density at radius 2 is 1.89 bits per heavy atom. The molecule has 2 fully saturated rings. The van der Waals surface area contributed by atoms with E-state index in [1.165, 1.54) is 6.07 Å². The smallest absolute Gasteiger partial charge is 0.343 e. The molecule has 7 heteroatoms. The standard InChI is InChI=1S/C20H27ClF2NO3/c1-24(2)11-8-15(9-12-24)27-18(25)20(26,14-7-10-19(22,23)13-14)16-5-3-4-6-17(16)21/h3-6,14-15,26H,7-13H2,1-2H3/q+1/t14-,20-/m1/s1. The van der Waals surface area contributed by atoms with Crippen LogP contribution >= 0.6 is 11.6 Å². The van der Waals surface area contributed by atoms with Crippen LogP contribution in [0.3, 0.4) is 0 Å². The summed E-state index contributed by atoms with van der Waals surface area (Å²) >= 11 is 6.22. The maximum absolute atomic E-state index is 13.9. The molecule has 1 saturated heterocycles. The van der Waals surface area contributed by atoms with Gasteiger partial charge in [0.2, 0.25) is 5.92 Å². The second kappa shape index (κ2) is 7.30. The monoisotopic (exact) mass is 402 g/mol. The number of carbonyl (C=O) groups excluding carboxylic acids is 1. The van der Waals surface area contributed by atoms with Crippen LogP contribution < -0.4 is 0 Å². The summed E-state index contributed by atoms with van der Waals surface area (Å²) in [6, 6.07) is 6.36. The summed E-state index contributed by atoms with van der Waals surface area (Å²) in [5, 5.41) is 11.6. The van der Waals surface area contributed by atoms with Crippen LogP contribution in [-0.4, -0.2) is 54.8 Å². The van der Waals surface area contributed by atoms with Crippen LogP contribution in [0.1, 0.15) is 37.7 Å². The lowest BCUT2D eigenvalue weighted by Gasteiger charge is -2.39. The number of carbonyl (C=O) groups is 1. The van der Waals surface area contributed by atoms with E-state index in [0.29, 0.717) is 12.8 Å². The first-order valence-corrected chi connectivity index (χ1v) is 9.80. The van der Waals surface area contributed by atoms with Crippen LogP contribution in [0.4, 0.5) is 8.78 Å². The van der Waals surface area contributed by atoms with E-state index in [-0.39, 0.29) is 29.5 Å². The summed E-state index contributed by atoms with van der Waals surface area (Å²) in [7, 11) is 4.22. The van der Waals surface area contributed by atoms with E-state index in [2.05, 4.69) is 14.1 Å². The lowest BCUT2D eigenvalue weighted by molar-refractivity contribution is -0.896. The molecule has 0 amide bonds. The van der Waals surface area contributed by atoms with Gasteiger partial charge >= 0.3 is 5.97 Å². The lowest BCUT2D eigenvalue weighted by Crippen LogP contribution is -2.50. The molecule has 1 N–H and O–H groups in total. The van der Waals surface area contributed by atoms with E-state index < -0.39 is 29.8 Å². The van der Waals surface area contributed by atoms with Crippen molar-refractivity contribution in [1.29, 1.82) is 0 Å². The number of quaternary nitrogens is 1. The Kier molecular flexibility index (Phi) is 5.54. The number of nitrogens with zero attached hydrogens (tertiary/aromatic N) is 1. The highest BCUT2D eigenvalue weighted by Crippen LogP contribution is 2.49. The van der Waals surface area contributed by atoms with E-state index in [0.717, 1.165) is 17.6 Å². The molecule has 0 bridgehead atoms. The van der Waals surface area contributed by atoms with Gasteiger partial charge < -0.3 is 14.3 Å². The predicted octanol–water partition coefficient (Wildman–Crippen LogP) is 3.75. The van der Waals surface area contributed by atoms with Crippen LogP contribution in [0.5, 0.6) is 0 Å². The minimum Gasteiger partial charge on any atom is -0.460 e. The summed E-state index contributed by atoms with van der Waals surface area (Å²) in [6.45, 7) is 1.70. The van der Waals surface area contributed by atoms with Gasteiger partial charge in [-0.3, -0.25) is 0 Å². The van der Waals surface area contributed by atoms with Crippen molar-refractivity contribution in [2.75, 3.05) is 27.2 Å². The average molecular weight is 403 g/mol. The van der Waals surface area contributed by atoms with Crippen LogP contribution in [0.2, 0.25) is 5.02 Å². The molecule has 27 heavy (non-hydrogen) atoms. The fraction of sp³-hybridized carbons (Fsp3) is 0.650. The zero-order valence-corrected chi connectivity index (χ0v) is 16.5. The molecule has 3 rings (SSSR count). The minimum absolute atomic E-state index is 0.0401. The molecule has 0 aromatic heterocycles. The molecule has 150 valence electrons. The van der Waals surface area contributed by atoms with Gasteiger partial charge in [-0.2, -0.15) is 0 Å². The lowest BCUT2D eigenvalue weighted by atomic mass is 9.80. The van der Waals surface area contributed by atoms with Crippen molar-refractivity contribution in [2.24, 2.45) is 5.92 Å². The minimum atomic E-state index is -2.90. The normalized spacial score (nSPS) is 27.1. The SMILES string of the molecule is C[N+]1(C)CCC(OC(=O)[C@](O)(c2ccccc2Cl)[C@@H]2CCC(F)(F)C2)CC1. The molecule has 1 saturated carbocycles. The van der Waals surface area contributed by atoms with Crippen molar-refractivity contribution < 1.29 is 27.9 Å². The maximum atomic E-state index is 13.9. The molecule has 2 aliphatic rings. The molecule has 1 heterocycles. The average Bonchev–Trinajstić information content (AvgIpc) is 2.97. The number of piperidine rings is 1. The van der Waals surface area contributed by atoms with Crippen LogP contribution in [-0.2, 0) is 15.1 Å². The number of hydrogen-bond donors (Lipinski definition) is 1. The third-order valence-electron chi connectivity index (χ3n) is 5.98. The van der Waals surface area contributed by atoms with Gasteiger partial charge in [0.15, 0.2) is 5.60 Å². The number of aliphatic hydroxyl groups is 1. The summed E-state index contributed by atoms with van der Waals surface area (Å²) in [5.74, 6) is -4.70. The first-order valence-electron chi connectivity index (χ1n) is 9.42. The third kappa shape index (κ3) is 4.28. The first-order chi connectivity index (χ1) is 12.5. The quantitative estimate of drug-likeness (QED) is 0.616. The molecule has 0 unspecified atom stereocenters. The van der Waals surface area contributed by atoms with Crippen molar-refractivity contribution in [1.82, 2.24) is 0 Å². The zero-order valence-electron chi connectivity index (χ0n) is 15.8. The van der Waals surface area contributed by atoms with Crippen LogP contribution in [0.25, 0.3) is 0 Å².